The van der Waals surface area contributed by atoms with Crippen LogP contribution in [0.5, 0.6) is 17.2 Å². The van der Waals surface area contributed by atoms with E-state index in [1.54, 1.807) is 36.4 Å². The zero-order valence-corrected chi connectivity index (χ0v) is 30.9. The van der Waals surface area contributed by atoms with E-state index in [0.717, 1.165) is 24.3 Å². The molecule has 290 valence electrons. The average molecular weight is 756 g/mol. The van der Waals surface area contributed by atoms with Gasteiger partial charge in [-0.1, -0.05) is 6.07 Å². The van der Waals surface area contributed by atoms with Gasteiger partial charge in [-0.3, -0.25) is 24.0 Å². The van der Waals surface area contributed by atoms with Gasteiger partial charge in [0.1, 0.15) is 17.2 Å². The van der Waals surface area contributed by atoms with Crippen LogP contribution >= 0.6 is 0 Å². The number of benzene rings is 3. The predicted octanol–water partition coefficient (Wildman–Crippen LogP) is 5.74. The number of nitrogens with zero attached hydrogens (tertiary/aromatic N) is 3. The number of anilines is 3. The molecule has 0 spiro atoms. The van der Waals surface area contributed by atoms with Crippen LogP contribution in [0.1, 0.15) is 66.7 Å². The Kier molecular flexibility index (Phi) is 11.9. The van der Waals surface area contributed by atoms with Crippen molar-refractivity contribution in [2.45, 2.75) is 46.0 Å². The molecule has 0 saturated heterocycles. The van der Waals surface area contributed by atoms with Crippen molar-refractivity contribution in [3.8, 4) is 17.2 Å². The van der Waals surface area contributed by atoms with E-state index in [1.165, 1.54) is 0 Å². The fraction of sp³-hybridized carbons (Fsp3) is 0.390. The average Bonchev–Trinajstić information content (AvgIpc) is 3.73. The van der Waals surface area contributed by atoms with Gasteiger partial charge in [0, 0.05) is 74.5 Å². The molecule has 0 amide bonds. The molecular formula is C41H45N3O11. The quantitative estimate of drug-likeness (QED) is 0.119. The van der Waals surface area contributed by atoms with Crippen LogP contribution in [-0.4, -0.2) is 90.7 Å². The lowest BCUT2D eigenvalue weighted by molar-refractivity contribution is -0.137. The van der Waals surface area contributed by atoms with Crippen molar-refractivity contribution in [3.63, 3.8) is 0 Å². The summed E-state index contributed by atoms with van der Waals surface area (Å²) in [5, 5.41) is 27.7. The van der Waals surface area contributed by atoms with Crippen LogP contribution in [0, 0.1) is 11.8 Å². The number of carboxylic acids is 3. The number of ketones is 2. The smallest absolute Gasteiger partial charge is 0.305 e. The molecule has 1 unspecified atom stereocenters. The number of fused-ring (bicyclic) bond motifs is 2. The third kappa shape index (κ3) is 9.19. The molecule has 1 aliphatic carbocycles. The summed E-state index contributed by atoms with van der Waals surface area (Å²) >= 11 is 0. The lowest BCUT2D eigenvalue weighted by Gasteiger charge is -2.25. The van der Waals surface area contributed by atoms with Crippen LogP contribution in [0.25, 0.3) is 0 Å². The number of carbonyl (C=O) groups is 5. The first-order valence-corrected chi connectivity index (χ1v) is 18.6. The molecule has 2 aliphatic heterocycles. The van der Waals surface area contributed by atoms with Gasteiger partial charge in [0.25, 0.3) is 0 Å². The van der Waals surface area contributed by atoms with Gasteiger partial charge in [0.05, 0.1) is 37.0 Å². The number of carboxylic acid groups (broad SMARTS) is 3. The van der Waals surface area contributed by atoms with Gasteiger partial charge in [-0.05, 0) is 74.9 Å². The van der Waals surface area contributed by atoms with E-state index in [4.69, 9.17) is 24.4 Å². The molecular weight excluding hydrogens is 710 g/mol. The van der Waals surface area contributed by atoms with Crippen LogP contribution in [0.2, 0.25) is 0 Å². The summed E-state index contributed by atoms with van der Waals surface area (Å²) in [5.74, 6) is -2.20. The Morgan fingerprint density at radius 2 is 1.15 bits per heavy atom. The number of aliphatic carboxylic acids is 3. The Labute approximate surface area is 318 Å². The monoisotopic (exact) mass is 755 g/mol. The lowest BCUT2D eigenvalue weighted by atomic mass is 10.1. The first-order valence-electron chi connectivity index (χ1n) is 18.6. The van der Waals surface area contributed by atoms with Crippen LogP contribution in [0.15, 0.2) is 72.2 Å². The molecule has 0 aromatic heterocycles. The van der Waals surface area contributed by atoms with Crippen molar-refractivity contribution in [2.75, 3.05) is 60.6 Å². The van der Waals surface area contributed by atoms with Gasteiger partial charge in [-0.2, -0.15) is 0 Å². The molecule has 3 N–H and O–H groups in total. The van der Waals surface area contributed by atoms with E-state index in [1.807, 2.05) is 52.8 Å². The summed E-state index contributed by atoms with van der Waals surface area (Å²) in [7, 11) is 0. The molecule has 14 nitrogen and oxygen atoms in total. The second-order valence-electron chi connectivity index (χ2n) is 13.8. The highest BCUT2D eigenvalue weighted by Gasteiger charge is 2.40. The van der Waals surface area contributed by atoms with Crippen LogP contribution in [0.3, 0.4) is 0 Å². The maximum atomic E-state index is 13.5. The summed E-state index contributed by atoms with van der Waals surface area (Å²) in [4.78, 5) is 66.4. The number of Topliss-reactive ketones (excluding diaryl/α,β-unsaturated/α-hetero) is 2. The third-order valence-corrected chi connectivity index (χ3v) is 10.2. The van der Waals surface area contributed by atoms with E-state index < -0.39 is 29.5 Å². The van der Waals surface area contributed by atoms with Crippen molar-refractivity contribution >= 4 is 46.5 Å². The van der Waals surface area contributed by atoms with Crippen molar-refractivity contribution in [1.29, 1.82) is 0 Å². The van der Waals surface area contributed by atoms with Crippen LogP contribution in [-0.2, 0) is 14.4 Å². The number of ether oxygens (including phenoxy) is 3. The normalized spacial score (nSPS) is 17.9. The van der Waals surface area contributed by atoms with Crippen molar-refractivity contribution < 1.29 is 53.5 Å². The Morgan fingerprint density at radius 3 is 1.65 bits per heavy atom. The molecule has 1 saturated carbocycles. The third-order valence-electron chi connectivity index (χ3n) is 10.2. The first kappa shape index (κ1) is 38.7. The molecule has 3 aromatic rings. The summed E-state index contributed by atoms with van der Waals surface area (Å²) in [6.07, 6.45) is 1.68. The Bertz CT molecular complexity index is 2010. The number of hydrogen-bond acceptors (Lipinski definition) is 11. The summed E-state index contributed by atoms with van der Waals surface area (Å²) in [5.41, 5.74) is 2.79. The Hall–Kier alpha value is -6.05. The van der Waals surface area contributed by atoms with Crippen molar-refractivity contribution in [1.82, 2.24) is 0 Å². The molecule has 55 heavy (non-hydrogen) atoms. The zero-order valence-electron chi connectivity index (χ0n) is 30.9. The topological polar surface area (TPSA) is 183 Å². The SMILES string of the molecule is CCN(CCC(=O)O)c1cccc(OCC2C[C@@H]2CCN(CCC(=O)O)c2ccc3c(c2)O/C(=C2/Oc4cc(N(CC)CCC(=O)O)ccc4C2=O)C3=O)c1. The van der Waals surface area contributed by atoms with E-state index in [2.05, 4.69) is 0 Å². The van der Waals surface area contributed by atoms with Gasteiger partial charge in [0.15, 0.2) is 0 Å². The molecule has 14 heteroatoms. The van der Waals surface area contributed by atoms with Gasteiger partial charge in [0.2, 0.25) is 23.1 Å². The largest absolute Gasteiger partial charge is 0.493 e. The predicted molar refractivity (Wildman–Crippen MR) is 203 cm³/mol. The van der Waals surface area contributed by atoms with E-state index in [0.29, 0.717) is 56.0 Å². The van der Waals surface area contributed by atoms with E-state index in [-0.39, 0.29) is 66.5 Å². The lowest BCUT2D eigenvalue weighted by Crippen LogP contribution is -2.27. The highest BCUT2D eigenvalue weighted by Crippen LogP contribution is 2.43. The molecule has 0 radical (unpaired) electrons. The number of rotatable bonds is 20. The summed E-state index contributed by atoms with van der Waals surface area (Å²) in [6.45, 7) is 7.12. The molecule has 6 rings (SSSR count). The molecule has 1 fully saturated rings. The van der Waals surface area contributed by atoms with E-state index in [9.17, 15) is 29.1 Å². The fourth-order valence-corrected chi connectivity index (χ4v) is 6.98. The maximum absolute atomic E-state index is 13.5. The number of hydrogen-bond donors (Lipinski definition) is 3. The van der Waals surface area contributed by atoms with Gasteiger partial charge in [-0.15, -0.1) is 0 Å². The van der Waals surface area contributed by atoms with Gasteiger partial charge in [-0.25, -0.2) is 0 Å². The minimum Gasteiger partial charge on any atom is -0.493 e. The highest BCUT2D eigenvalue weighted by molar-refractivity contribution is 6.21. The number of allylic oxidation sites excluding steroid dienone is 2. The highest BCUT2D eigenvalue weighted by atomic mass is 16.5. The maximum Gasteiger partial charge on any atom is 0.305 e. The minimum atomic E-state index is -0.933. The van der Waals surface area contributed by atoms with Gasteiger partial charge >= 0.3 is 17.9 Å². The summed E-state index contributed by atoms with van der Waals surface area (Å²) < 4.78 is 18.0. The van der Waals surface area contributed by atoms with Crippen LogP contribution in [0.4, 0.5) is 17.1 Å². The van der Waals surface area contributed by atoms with Crippen molar-refractivity contribution in [3.05, 3.63) is 83.3 Å². The molecule has 2 heterocycles. The molecule has 0 bridgehead atoms. The second kappa shape index (κ2) is 17.0. The first-order chi connectivity index (χ1) is 26.4. The zero-order chi connectivity index (χ0) is 39.2. The Morgan fingerprint density at radius 1 is 0.655 bits per heavy atom. The van der Waals surface area contributed by atoms with Gasteiger partial charge < -0.3 is 44.2 Å². The molecule has 2 atom stereocenters. The summed E-state index contributed by atoms with van der Waals surface area (Å²) in [6, 6.07) is 17.7. The molecule has 3 aliphatic rings. The van der Waals surface area contributed by atoms with Crippen molar-refractivity contribution in [2.24, 2.45) is 11.8 Å². The van der Waals surface area contributed by atoms with Crippen LogP contribution < -0.4 is 28.9 Å². The molecule has 3 aromatic carbocycles. The Balaban J connectivity index is 1.09. The second-order valence-corrected chi connectivity index (χ2v) is 13.8. The number of carbonyl (C=O) groups excluding carboxylic acids is 2. The standard InChI is InChI=1S/C41H45N3O11/c1-3-42(17-13-35(45)46)27-6-5-7-30(21-27)53-24-26-20-25(26)12-16-44(19-15-37(49)50)29-9-11-32-34(23-29)55-41(39(32)52)40-38(51)31-10-8-28(22-33(31)54-40)43(4-2)18-14-36(47)48/h5-11,21-23,25-26H,3-4,12-20,24H2,1-2H3,(H,45,46)(H,47,48)(H,49,50)/b41-40+/t25-,26?/m0/s1. The fourth-order valence-electron chi connectivity index (χ4n) is 6.98. The minimum absolute atomic E-state index is 0.0485. The van der Waals surface area contributed by atoms with E-state index >= 15 is 0 Å².